The molecule has 48 heavy (non-hydrogen) atoms. The van der Waals surface area contributed by atoms with E-state index in [0.29, 0.717) is 11.1 Å². The Morgan fingerprint density at radius 2 is 1.88 bits per heavy atom. The number of epoxide rings is 1. The molecule has 14 heteroatoms. The lowest BCUT2D eigenvalue weighted by atomic mass is 9.83. The van der Waals surface area contributed by atoms with Gasteiger partial charge in [0.2, 0.25) is 5.91 Å². The van der Waals surface area contributed by atoms with Crippen LogP contribution in [0.1, 0.15) is 66.1 Å². The summed E-state index contributed by atoms with van der Waals surface area (Å²) >= 11 is 6.73. The molecule has 0 aromatic heterocycles. The van der Waals surface area contributed by atoms with E-state index in [1.54, 1.807) is 65.0 Å². The highest BCUT2D eigenvalue weighted by molar-refractivity contribution is 6.35. The van der Waals surface area contributed by atoms with Gasteiger partial charge in [-0.1, -0.05) is 50.6 Å². The number of halogens is 1. The number of esters is 2. The fraction of sp³-hybridized carbons (Fsp3) is 0.588. The van der Waals surface area contributed by atoms with Gasteiger partial charge in [0.05, 0.1) is 31.2 Å². The molecule has 3 aliphatic rings. The minimum Gasteiger partial charge on any atom is -0.495 e. The fourth-order valence-electron chi connectivity index (χ4n) is 6.18. The first-order valence-corrected chi connectivity index (χ1v) is 16.1. The molecule has 1 aromatic carbocycles. The van der Waals surface area contributed by atoms with E-state index in [4.69, 9.17) is 40.0 Å². The summed E-state index contributed by atoms with van der Waals surface area (Å²) in [6, 6.07) is 3.23. The normalized spacial score (nSPS) is 34.2. The minimum absolute atomic E-state index is 0.0697. The molecule has 0 spiro atoms. The smallest absolute Gasteiger partial charge is 0.409 e. The number of fused-ring (bicyclic) bond motifs is 5. The molecular weight excluding hydrogens is 648 g/mol. The third kappa shape index (κ3) is 7.64. The quantitative estimate of drug-likeness (QED) is 0.256. The zero-order valence-electron chi connectivity index (χ0n) is 28.7. The Balaban J connectivity index is 1.88. The van der Waals surface area contributed by atoms with Gasteiger partial charge in [0.15, 0.2) is 5.72 Å². The molecule has 2 amide bonds. The van der Waals surface area contributed by atoms with Crippen molar-refractivity contribution in [3.8, 4) is 5.75 Å². The van der Waals surface area contributed by atoms with Gasteiger partial charge in [-0.05, 0) is 31.6 Å². The van der Waals surface area contributed by atoms with Crippen LogP contribution in [0.3, 0.4) is 0 Å². The molecule has 2 fully saturated rings. The molecule has 2 saturated heterocycles. The van der Waals surface area contributed by atoms with Gasteiger partial charge in [-0.15, -0.1) is 0 Å². The Kier molecular flexibility index (Phi) is 11.2. The zero-order valence-corrected chi connectivity index (χ0v) is 29.5. The number of carbonyl (C=O) groups excluding carboxylic acids is 4. The molecule has 3 aliphatic heterocycles. The molecule has 0 aliphatic carbocycles. The number of aliphatic hydroxyl groups is 1. The zero-order chi connectivity index (χ0) is 35.7. The standard InChI is InChI=1S/C34H45ClN2O11/c1-17(2)31(40)47-26-15-27(39)37(7)22-13-21(14-23(43-8)28(22)35)29(45-20(5)38)18(3)11-10-12-25(44-9)34(42)16-24(46-32(41)36-34)19(4)30-33(26,6)48-30/h10-14,17,19,24-26,29-30,42H,15-16H2,1-9H3,(H,36,41)/b12-10-,18-11-. The first kappa shape index (κ1) is 37.2. The summed E-state index contributed by atoms with van der Waals surface area (Å²) in [5, 5.41) is 14.3. The van der Waals surface area contributed by atoms with Gasteiger partial charge in [0, 0.05) is 39.0 Å². The maximum atomic E-state index is 14.0. The Morgan fingerprint density at radius 3 is 2.48 bits per heavy atom. The first-order valence-electron chi connectivity index (χ1n) is 15.7. The van der Waals surface area contributed by atoms with Crippen LogP contribution in [0.4, 0.5) is 10.5 Å². The number of methoxy groups -OCH3 is 2. The Hall–Kier alpha value is -3.65. The number of nitrogens with one attached hydrogen (secondary N) is 1. The molecule has 4 rings (SSSR count). The summed E-state index contributed by atoms with van der Waals surface area (Å²) < 4.78 is 34.5. The molecule has 8 unspecified atom stereocenters. The van der Waals surface area contributed by atoms with Crippen LogP contribution in [-0.4, -0.2) is 86.1 Å². The average Bonchev–Trinajstić information content (AvgIpc) is 3.71. The van der Waals surface area contributed by atoms with Crippen molar-refractivity contribution >= 4 is 41.2 Å². The van der Waals surface area contributed by atoms with E-state index in [-0.39, 0.29) is 29.3 Å². The molecule has 13 nitrogen and oxygen atoms in total. The highest BCUT2D eigenvalue weighted by atomic mass is 35.5. The van der Waals surface area contributed by atoms with E-state index in [1.807, 2.05) is 0 Å². The van der Waals surface area contributed by atoms with Crippen molar-refractivity contribution in [2.24, 2.45) is 11.8 Å². The summed E-state index contributed by atoms with van der Waals surface area (Å²) in [5.74, 6) is -2.30. The number of anilines is 1. The Bertz CT molecular complexity index is 1500. The van der Waals surface area contributed by atoms with Gasteiger partial charge in [-0.2, -0.15) is 0 Å². The number of hydrogen-bond acceptors (Lipinski definition) is 11. The predicted molar refractivity (Wildman–Crippen MR) is 174 cm³/mol. The molecule has 2 N–H and O–H groups in total. The third-order valence-electron chi connectivity index (χ3n) is 9.14. The van der Waals surface area contributed by atoms with Crippen molar-refractivity contribution in [1.82, 2.24) is 5.32 Å². The second-order valence-electron chi connectivity index (χ2n) is 13.0. The molecule has 264 valence electrons. The van der Waals surface area contributed by atoms with Gasteiger partial charge in [0.1, 0.15) is 40.8 Å². The topological polar surface area (TPSA) is 162 Å². The minimum atomic E-state index is -1.87. The van der Waals surface area contributed by atoms with Crippen molar-refractivity contribution < 1.29 is 52.7 Å². The predicted octanol–water partition coefficient (Wildman–Crippen LogP) is 4.39. The van der Waals surface area contributed by atoms with Crippen molar-refractivity contribution in [3.05, 3.63) is 46.5 Å². The molecule has 1 aromatic rings. The lowest BCUT2D eigenvalue weighted by Crippen LogP contribution is -2.63. The maximum absolute atomic E-state index is 14.0. The van der Waals surface area contributed by atoms with Crippen LogP contribution in [0.15, 0.2) is 35.9 Å². The fourth-order valence-corrected chi connectivity index (χ4v) is 6.49. The van der Waals surface area contributed by atoms with Crippen LogP contribution in [-0.2, 0) is 38.1 Å². The second kappa shape index (κ2) is 14.5. The van der Waals surface area contributed by atoms with Gasteiger partial charge in [-0.25, -0.2) is 4.79 Å². The lowest BCUT2D eigenvalue weighted by molar-refractivity contribution is -0.157. The van der Waals surface area contributed by atoms with Crippen LogP contribution >= 0.6 is 11.6 Å². The third-order valence-corrected chi connectivity index (χ3v) is 9.52. The van der Waals surface area contributed by atoms with Crippen molar-refractivity contribution in [2.75, 3.05) is 26.2 Å². The number of hydrogen-bond donors (Lipinski definition) is 2. The molecule has 4 bridgehead atoms. The SMILES string of the molecule is COc1cc2cc(c1Cl)N(C)C(=O)CC(OC(=O)C(C)C)C1(C)OC1C(C)C1CC(O)(NC(=O)O1)C(OC)/C=C\C=C(\C)C2OC(C)=O. The molecule has 8 atom stereocenters. The summed E-state index contributed by atoms with van der Waals surface area (Å²) in [7, 11) is 4.34. The van der Waals surface area contributed by atoms with Crippen LogP contribution in [0.25, 0.3) is 0 Å². The van der Waals surface area contributed by atoms with E-state index in [1.165, 1.54) is 33.1 Å². The number of carbonyl (C=O) groups is 4. The van der Waals surface area contributed by atoms with Crippen LogP contribution in [0.5, 0.6) is 5.75 Å². The van der Waals surface area contributed by atoms with Gasteiger partial charge in [0.25, 0.3) is 0 Å². The van der Waals surface area contributed by atoms with E-state index in [9.17, 15) is 24.3 Å². The Labute approximate surface area is 285 Å². The van der Waals surface area contributed by atoms with Gasteiger partial charge in [-0.3, -0.25) is 19.7 Å². The van der Waals surface area contributed by atoms with Gasteiger partial charge >= 0.3 is 18.0 Å². The second-order valence-corrected chi connectivity index (χ2v) is 13.4. The number of allylic oxidation sites excluding steroid dienone is 2. The van der Waals surface area contributed by atoms with E-state index in [0.717, 1.165) is 0 Å². The number of amides is 2. The highest BCUT2D eigenvalue weighted by Gasteiger charge is 2.64. The van der Waals surface area contributed by atoms with Crippen LogP contribution in [0, 0.1) is 11.8 Å². The summed E-state index contributed by atoms with van der Waals surface area (Å²) in [6.07, 6.45) is -0.776. The maximum Gasteiger partial charge on any atom is 0.409 e. The number of alkyl carbamates (subject to hydrolysis) is 1. The highest BCUT2D eigenvalue weighted by Crippen LogP contribution is 2.49. The van der Waals surface area contributed by atoms with E-state index < -0.39 is 77.6 Å². The molecule has 0 radical (unpaired) electrons. The number of nitrogens with zero attached hydrogens (tertiary/aromatic N) is 1. The summed E-state index contributed by atoms with van der Waals surface area (Å²) in [5.41, 5.74) is -1.71. The Morgan fingerprint density at radius 1 is 1.19 bits per heavy atom. The number of ether oxygens (including phenoxy) is 6. The molecule has 3 heterocycles. The average molecular weight is 693 g/mol. The monoisotopic (exact) mass is 692 g/mol. The first-order chi connectivity index (χ1) is 22.4. The van der Waals surface area contributed by atoms with Crippen LogP contribution in [0.2, 0.25) is 5.02 Å². The lowest BCUT2D eigenvalue weighted by Gasteiger charge is -2.42. The summed E-state index contributed by atoms with van der Waals surface area (Å²) in [4.78, 5) is 53.2. The number of benzene rings is 1. The molecular formula is C34H45ClN2O11. The summed E-state index contributed by atoms with van der Waals surface area (Å²) in [6.45, 7) is 9.90. The van der Waals surface area contributed by atoms with Crippen molar-refractivity contribution in [1.29, 1.82) is 0 Å². The van der Waals surface area contributed by atoms with Crippen molar-refractivity contribution in [2.45, 2.75) is 96.2 Å². The van der Waals surface area contributed by atoms with E-state index in [2.05, 4.69) is 5.32 Å². The molecule has 0 saturated carbocycles. The van der Waals surface area contributed by atoms with Crippen LogP contribution < -0.4 is 15.0 Å². The number of rotatable bonds is 5. The van der Waals surface area contributed by atoms with E-state index >= 15 is 0 Å². The van der Waals surface area contributed by atoms with Gasteiger partial charge < -0.3 is 38.4 Å². The van der Waals surface area contributed by atoms with Crippen molar-refractivity contribution in [3.63, 3.8) is 0 Å². The largest absolute Gasteiger partial charge is 0.495 e.